The fraction of sp³-hybridized carbons (Fsp3) is 0.125. The molecule has 0 spiro atoms. The van der Waals surface area contributed by atoms with Crippen molar-refractivity contribution in [3.63, 3.8) is 0 Å². The van der Waals surface area contributed by atoms with E-state index in [-0.39, 0.29) is 23.1 Å². The zero-order valence-electron chi connectivity index (χ0n) is 12.4. The normalized spacial score (nSPS) is 15.6. The first kappa shape index (κ1) is 16.1. The van der Waals surface area contributed by atoms with Crippen LogP contribution in [0.4, 0.5) is 8.78 Å². The van der Waals surface area contributed by atoms with Crippen LogP contribution in [-0.4, -0.2) is 25.6 Å². The quantitative estimate of drug-likeness (QED) is 0.609. The number of halogens is 2. The SMILES string of the molecule is COc1cc(/C=C2\N=C(c3cccs3)OC2=O)ccc1OC(F)F. The van der Waals surface area contributed by atoms with E-state index in [1.165, 1.54) is 42.7 Å². The van der Waals surface area contributed by atoms with Gasteiger partial charge >= 0.3 is 12.6 Å². The second kappa shape index (κ2) is 6.79. The van der Waals surface area contributed by atoms with E-state index in [0.717, 1.165) is 4.88 Å². The number of hydrogen-bond acceptors (Lipinski definition) is 6. The molecule has 0 unspecified atom stereocenters. The number of cyclic esters (lactones) is 1. The monoisotopic (exact) mass is 351 g/mol. The summed E-state index contributed by atoms with van der Waals surface area (Å²) in [7, 11) is 1.33. The van der Waals surface area contributed by atoms with Gasteiger partial charge < -0.3 is 14.2 Å². The number of thiophene rings is 1. The maximum absolute atomic E-state index is 12.3. The summed E-state index contributed by atoms with van der Waals surface area (Å²) in [4.78, 5) is 16.8. The van der Waals surface area contributed by atoms with Crippen LogP contribution in [0.3, 0.4) is 0 Å². The van der Waals surface area contributed by atoms with Gasteiger partial charge in [0, 0.05) is 0 Å². The van der Waals surface area contributed by atoms with Crippen LogP contribution in [0.5, 0.6) is 11.5 Å². The van der Waals surface area contributed by atoms with Crippen molar-refractivity contribution < 1.29 is 27.8 Å². The number of carbonyl (C=O) groups is 1. The number of aliphatic imine (C=N–C) groups is 1. The fourth-order valence-electron chi connectivity index (χ4n) is 2.04. The predicted molar refractivity (Wildman–Crippen MR) is 84.6 cm³/mol. The summed E-state index contributed by atoms with van der Waals surface area (Å²) in [5.41, 5.74) is 0.652. The summed E-state index contributed by atoms with van der Waals surface area (Å²) < 4.78 is 39.1. The minimum Gasteiger partial charge on any atom is -0.493 e. The van der Waals surface area contributed by atoms with E-state index in [1.807, 2.05) is 11.4 Å². The Bertz CT molecular complexity index is 815. The van der Waals surface area contributed by atoms with Crippen molar-refractivity contribution in [2.75, 3.05) is 7.11 Å². The summed E-state index contributed by atoms with van der Waals surface area (Å²) >= 11 is 1.40. The van der Waals surface area contributed by atoms with Crippen LogP contribution in [0.15, 0.2) is 46.4 Å². The number of carbonyl (C=O) groups excluding carboxylic acids is 1. The van der Waals surface area contributed by atoms with Gasteiger partial charge in [-0.15, -0.1) is 11.3 Å². The lowest BCUT2D eigenvalue weighted by atomic mass is 10.1. The Morgan fingerprint density at radius 3 is 2.79 bits per heavy atom. The van der Waals surface area contributed by atoms with E-state index in [9.17, 15) is 13.6 Å². The van der Waals surface area contributed by atoms with Gasteiger partial charge in [-0.05, 0) is 35.2 Å². The van der Waals surface area contributed by atoms with E-state index >= 15 is 0 Å². The van der Waals surface area contributed by atoms with Gasteiger partial charge in [0.05, 0.1) is 12.0 Å². The number of nitrogens with zero attached hydrogens (tertiary/aromatic N) is 1. The van der Waals surface area contributed by atoms with Crippen LogP contribution in [0.25, 0.3) is 6.08 Å². The predicted octanol–water partition coefficient (Wildman–Crippen LogP) is 3.70. The molecule has 1 aliphatic heterocycles. The molecule has 2 heterocycles. The number of esters is 1. The van der Waals surface area contributed by atoms with Gasteiger partial charge in [-0.2, -0.15) is 8.78 Å². The molecule has 8 heteroatoms. The summed E-state index contributed by atoms with van der Waals surface area (Å²) in [6.45, 7) is -2.95. The van der Waals surface area contributed by atoms with Crippen molar-refractivity contribution in [1.29, 1.82) is 0 Å². The molecule has 0 aliphatic carbocycles. The van der Waals surface area contributed by atoms with Gasteiger partial charge in [0.15, 0.2) is 17.2 Å². The molecule has 0 radical (unpaired) electrons. The number of alkyl halides is 2. The maximum Gasteiger partial charge on any atom is 0.387 e. The molecule has 0 N–H and O–H groups in total. The Hall–Kier alpha value is -2.74. The standard InChI is InChI=1S/C16H11F2NO4S/c1-21-12-8-9(4-5-11(12)22-16(17)18)7-10-15(20)23-14(19-10)13-3-2-6-24-13/h2-8,16H,1H3/b10-7-. The Balaban J connectivity index is 1.89. The number of methoxy groups -OCH3 is 1. The van der Waals surface area contributed by atoms with Crippen molar-refractivity contribution in [2.45, 2.75) is 6.61 Å². The third kappa shape index (κ3) is 3.43. The molecule has 2 aromatic rings. The number of benzene rings is 1. The molecule has 1 aliphatic rings. The van der Waals surface area contributed by atoms with E-state index in [0.29, 0.717) is 5.56 Å². The number of hydrogen-bond donors (Lipinski definition) is 0. The fourth-order valence-corrected chi connectivity index (χ4v) is 2.69. The molecule has 5 nitrogen and oxygen atoms in total. The average Bonchev–Trinajstić information content (AvgIpc) is 3.19. The van der Waals surface area contributed by atoms with Crippen LogP contribution in [0.2, 0.25) is 0 Å². The first-order valence-electron chi connectivity index (χ1n) is 6.76. The average molecular weight is 351 g/mol. The highest BCUT2D eigenvalue weighted by Gasteiger charge is 2.24. The molecule has 1 aromatic heterocycles. The lowest BCUT2D eigenvalue weighted by Gasteiger charge is -2.10. The number of rotatable bonds is 5. The highest BCUT2D eigenvalue weighted by Crippen LogP contribution is 2.31. The van der Waals surface area contributed by atoms with Crippen LogP contribution < -0.4 is 9.47 Å². The van der Waals surface area contributed by atoms with Crippen molar-refractivity contribution in [3.8, 4) is 11.5 Å². The maximum atomic E-state index is 12.3. The Morgan fingerprint density at radius 1 is 1.29 bits per heavy atom. The first-order chi connectivity index (χ1) is 11.6. The molecule has 124 valence electrons. The zero-order chi connectivity index (χ0) is 17.1. The molecule has 0 amide bonds. The van der Waals surface area contributed by atoms with Crippen LogP contribution in [0, 0.1) is 0 Å². The molecule has 3 rings (SSSR count). The van der Waals surface area contributed by atoms with Gasteiger partial charge in [0.1, 0.15) is 0 Å². The zero-order valence-corrected chi connectivity index (χ0v) is 13.2. The molecule has 0 fully saturated rings. The van der Waals surface area contributed by atoms with Crippen molar-refractivity contribution in [1.82, 2.24) is 0 Å². The minimum absolute atomic E-state index is 0.0913. The minimum atomic E-state index is -2.95. The first-order valence-corrected chi connectivity index (χ1v) is 7.64. The smallest absolute Gasteiger partial charge is 0.387 e. The van der Waals surface area contributed by atoms with Gasteiger partial charge in [0.2, 0.25) is 5.90 Å². The van der Waals surface area contributed by atoms with E-state index in [2.05, 4.69) is 9.73 Å². The lowest BCUT2D eigenvalue weighted by Crippen LogP contribution is -2.04. The third-order valence-corrected chi connectivity index (χ3v) is 3.92. The Kier molecular flexibility index (Phi) is 4.57. The molecule has 0 saturated carbocycles. The Labute approximate surface area is 139 Å². The summed E-state index contributed by atoms with van der Waals surface area (Å²) in [6.07, 6.45) is 1.48. The molecule has 0 atom stereocenters. The molecule has 0 bridgehead atoms. The van der Waals surface area contributed by atoms with Gasteiger partial charge in [0.25, 0.3) is 0 Å². The van der Waals surface area contributed by atoms with E-state index in [1.54, 1.807) is 6.07 Å². The third-order valence-electron chi connectivity index (χ3n) is 3.06. The molecular formula is C16H11F2NO4S. The van der Waals surface area contributed by atoms with Crippen LogP contribution in [-0.2, 0) is 9.53 Å². The van der Waals surface area contributed by atoms with E-state index in [4.69, 9.17) is 9.47 Å². The van der Waals surface area contributed by atoms with Crippen molar-refractivity contribution in [3.05, 3.63) is 51.8 Å². The van der Waals surface area contributed by atoms with Crippen LogP contribution in [0.1, 0.15) is 10.4 Å². The van der Waals surface area contributed by atoms with Crippen LogP contribution >= 0.6 is 11.3 Å². The van der Waals surface area contributed by atoms with Gasteiger partial charge in [-0.1, -0.05) is 12.1 Å². The highest BCUT2D eigenvalue weighted by molar-refractivity contribution is 7.12. The molecule has 24 heavy (non-hydrogen) atoms. The van der Waals surface area contributed by atoms with Gasteiger partial charge in [-0.25, -0.2) is 9.79 Å². The summed E-state index contributed by atoms with van der Waals surface area (Å²) in [5, 5.41) is 1.85. The second-order valence-corrected chi connectivity index (χ2v) is 5.55. The molecule has 0 saturated heterocycles. The molecule has 1 aromatic carbocycles. The van der Waals surface area contributed by atoms with E-state index < -0.39 is 12.6 Å². The second-order valence-electron chi connectivity index (χ2n) is 4.60. The van der Waals surface area contributed by atoms with Crippen molar-refractivity contribution in [2.24, 2.45) is 4.99 Å². The Morgan fingerprint density at radius 2 is 2.12 bits per heavy atom. The molecular weight excluding hydrogens is 340 g/mol. The number of ether oxygens (including phenoxy) is 3. The summed E-state index contributed by atoms with van der Waals surface area (Å²) in [5.74, 6) is -0.305. The lowest BCUT2D eigenvalue weighted by molar-refractivity contribution is -0.129. The largest absolute Gasteiger partial charge is 0.493 e. The van der Waals surface area contributed by atoms with Crippen molar-refractivity contribution >= 4 is 29.3 Å². The topological polar surface area (TPSA) is 57.1 Å². The highest BCUT2D eigenvalue weighted by atomic mass is 32.1. The summed E-state index contributed by atoms with van der Waals surface area (Å²) in [6, 6.07) is 7.93. The van der Waals surface area contributed by atoms with Gasteiger partial charge in [-0.3, -0.25) is 0 Å².